The number of hydrogen-bond donors (Lipinski definition) is 1. The van der Waals surface area contributed by atoms with Gasteiger partial charge in [-0.25, -0.2) is 4.68 Å². The Morgan fingerprint density at radius 3 is 2.70 bits per heavy atom. The molecule has 1 heterocycles. The average Bonchev–Trinajstić information content (AvgIpc) is 2.83. The number of nitrogens with two attached hydrogens (primary N) is 1. The molecule has 2 rings (SSSR count). The third-order valence-electron chi connectivity index (χ3n) is 3.09. The minimum Gasteiger partial charge on any atom is -0.399 e. The summed E-state index contributed by atoms with van der Waals surface area (Å²) >= 11 is 3.44. The Morgan fingerprint density at radius 1 is 1.35 bits per heavy atom. The molecule has 0 spiro atoms. The number of tetrazole rings is 1. The van der Waals surface area contributed by atoms with E-state index in [0.717, 1.165) is 10.0 Å². The number of ether oxygens (including phenoxy) is 1. The highest BCUT2D eigenvalue weighted by Crippen LogP contribution is 2.27. The van der Waals surface area contributed by atoms with Crippen molar-refractivity contribution in [3.8, 4) is 11.4 Å². The molecule has 0 amide bonds. The zero-order valence-corrected chi connectivity index (χ0v) is 13.3. The number of methoxy groups -OCH3 is 1. The quantitative estimate of drug-likeness (QED) is 0.846. The van der Waals surface area contributed by atoms with E-state index in [4.69, 9.17) is 10.5 Å². The highest BCUT2D eigenvalue weighted by atomic mass is 79.9. The molecule has 1 aromatic carbocycles. The minimum atomic E-state index is 0.0743. The van der Waals surface area contributed by atoms with Crippen molar-refractivity contribution in [2.75, 3.05) is 19.5 Å². The predicted octanol–water partition coefficient (Wildman–Crippen LogP) is 2.53. The average molecular weight is 340 g/mol. The fourth-order valence-electron chi connectivity index (χ4n) is 2.06. The third-order valence-corrected chi connectivity index (χ3v) is 3.55. The van der Waals surface area contributed by atoms with Crippen molar-refractivity contribution in [2.45, 2.75) is 19.9 Å². The van der Waals surface area contributed by atoms with E-state index in [2.05, 4.69) is 45.3 Å². The monoisotopic (exact) mass is 339 g/mol. The van der Waals surface area contributed by atoms with Crippen LogP contribution in [0.5, 0.6) is 0 Å². The molecular weight excluding hydrogens is 322 g/mol. The second-order valence-electron chi connectivity index (χ2n) is 4.99. The van der Waals surface area contributed by atoms with E-state index in [1.54, 1.807) is 11.8 Å². The zero-order valence-electron chi connectivity index (χ0n) is 11.7. The largest absolute Gasteiger partial charge is 0.399 e. The fraction of sp³-hybridized carbons (Fsp3) is 0.462. The van der Waals surface area contributed by atoms with Crippen molar-refractivity contribution in [1.29, 1.82) is 0 Å². The second-order valence-corrected chi connectivity index (χ2v) is 5.90. The van der Waals surface area contributed by atoms with Crippen LogP contribution in [0.4, 0.5) is 5.69 Å². The van der Waals surface area contributed by atoms with Crippen molar-refractivity contribution in [3.05, 3.63) is 22.7 Å². The molecule has 0 bridgehead atoms. The summed E-state index contributed by atoms with van der Waals surface area (Å²) < 4.78 is 7.98. The van der Waals surface area contributed by atoms with Gasteiger partial charge in [-0.05, 0) is 34.5 Å². The summed E-state index contributed by atoms with van der Waals surface area (Å²) in [6, 6.07) is 5.72. The first-order valence-electron chi connectivity index (χ1n) is 6.36. The molecule has 2 N–H and O–H groups in total. The number of hydrogen-bond acceptors (Lipinski definition) is 5. The van der Waals surface area contributed by atoms with E-state index < -0.39 is 0 Å². The Morgan fingerprint density at radius 2 is 2.10 bits per heavy atom. The smallest absolute Gasteiger partial charge is 0.182 e. The first-order valence-corrected chi connectivity index (χ1v) is 7.15. The van der Waals surface area contributed by atoms with Crippen molar-refractivity contribution in [2.24, 2.45) is 5.92 Å². The lowest BCUT2D eigenvalue weighted by molar-refractivity contribution is 0.126. The van der Waals surface area contributed by atoms with Gasteiger partial charge in [0.1, 0.15) is 0 Å². The first-order chi connectivity index (χ1) is 9.52. The molecule has 0 aliphatic heterocycles. The summed E-state index contributed by atoms with van der Waals surface area (Å²) in [5, 5.41) is 12.0. The van der Waals surface area contributed by atoms with Gasteiger partial charge in [0, 0.05) is 22.8 Å². The van der Waals surface area contributed by atoms with Crippen LogP contribution < -0.4 is 5.73 Å². The van der Waals surface area contributed by atoms with E-state index in [-0.39, 0.29) is 6.04 Å². The Labute approximate surface area is 126 Å². The van der Waals surface area contributed by atoms with Gasteiger partial charge in [-0.1, -0.05) is 29.8 Å². The molecule has 0 fully saturated rings. The van der Waals surface area contributed by atoms with Gasteiger partial charge in [-0.15, -0.1) is 5.10 Å². The van der Waals surface area contributed by atoms with E-state index in [1.807, 2.05) is 18.2 Å². The second kappa shape index (κ2) is 6.32. The Kier molecular flexibility index (Phi) is 4.72. The summed E-state index contributed by atoms with van der Waals surface area (Å²) in [7, 11) is 1.68. The highest BCUT2D eigenvalue weighted by molar-refractivity contribution is 9.10. The molecule has 0 aliphatic carbocycles. The SMILES string of the molecule is COCC(C(C)C)n1nnnc1-c1cc(N)cc(Br)c1. The van der Waals surface area contributed by atoms with Gasteiger partial charge in [-0.2, -0.15) is 0 Å². The zero-order chi connectivity index (χ0) is 14.7. The molecule has 1 atom stereocenters. The maximum Gasteiger partial charge on any atom is 0.182 e. The van der Waals surface area contributed by atoms with Crippen molar-refractivity contribution < 1.29 is 4.74 Å². The van der Waals surface area contributed by atoms with Crippen LogP contribution in [0.15, 0.2) is 22.7 Å². The van der Waals surface area contributed by atoms with Crippen LogP contribution in [0.2, 0.25) is 0 Å². The lowest BCUT2D eigenvalue weighted by Gasteiger charge is -2.21. The van der Waals surface area contributed by atoms with Crippen LogP contribution in [0, 0.1) is 5.92 Å². The van der Waals surface area contributed by atoms with Crippen LogP contribution in [-0.4, -0.2) is 33.9 Å². The summed E-state index contributed by atoms with van der Waals surface area (Å²) in [6.07, 6.45) is 0. The summed E-state index contributed by atoms with van der Waals surface area (Å²) in [4.78, 5) is 0. The van der Waals surface area contributed by atoms with Crippen molar-refractivity contribution in [3.63, 3.8) is 0 Å². The maximum absolute atomic E-state index is 5.88. The van der Waals surface area contributed by atoms with E-state index in [9.17, 15) is 0 Å². The molecule has 2 aromatic rings. The van der Waals surface area contributed by atoms with Crippen LogP contribution in [0.25, 0.3) is 11.4 Å². The van der Waals surface area contributed by atoms with Crippen LogP contribution in [0.3, 0.4) is 0 Å². The molecule has 1 unspecified atom stereocenters. The minimum absolute atomic E-state index is 0.0743. The van der Waals surface area contributed by atoms with Gasteiger partial charge in [0.2, 0.25) is 0 Å². The molecule has 0 aliphatic rings. The number of rotatable bonds is 5. The van der Waals surface area contributed by atoms with Gasteiger partial charge in [-0.3, -0.25) is 0 Å². The molecule has 7 heteroatoms. The van der Waals surface area contributed by atoms with Crippen molar-refractivity contribution in [1.82, 2.24) is 20.2 Å². The van der Waals surface area contributed by atoms with Gasteiger partial charge in [0.05, 0.1) is 12.6 Å². The molecule has 0 radical (unpaired) electrons. The molecular formula is C13H18BrN5O. The van der Waals surface area contributed by atoms with Crippen molar-refractivity contribution >= 4 is 21.6 Å². The number of benzene rings is 1. The lowest BCUT2D eigenvalue weighted by Crippen LogP contribution is -2.22. The van der Waals surface area contributed by atoms with E-state index >= 15 is 0 Å². The van der Waals surface area contributed by atoms with E-state index in [1.165, 1.54) is 0 Å². The van der Waals surface area contributed by atoms with Crippen LogP contribution >= 0.6 is 15.9 Å². The van der Waals surface area contributed by atoms with Gasteiger partial charge in [0.25, 0.3) is 0 Å². The number of aromatic nitrogens is 4. The Hall–Kier alpha value is -1.47. The lowest BCUT2D eigenvalue weighted by atomic mass is 10.0. The van der Waals surface area contributed by atoms with Gasteiger partial charge in [0.15, 0.2) is 5.82 Å². The summed E-state index contributed by atoms with van der Waals surface area (Å²) in [5.41, 5.74) is 7.42. The fourth-order valence-corrected chi connectivity index (χ4v) is 2.58. The first kappa shape index (κ1) is 14.9. The molecule has 6 nitrogen and oxygen atoms in total. The number of anilines is 1. The van der Waals surface area contributed by atoms with Crippen LogP contribution in [-0.2, 0) is 4.74 Å². The summed E-state index contributed by atoms with van der Waals surface area (Å²) in [6.45, 7) is 4.79. The van der Waals surface area contributed by atoms with E-state index in [0.29, 0.717) is 24.0 Å². The Bertz CT molecular complexity index is 564. The molecule has 108 valence electrons. The highest BCUT2D eigenvalue weighted by Gasteiger charge is 2.21. The number of nitrogen functional groups attached to an aromatic ring is 1. The normalized spacial score (nSPS) is 12.8. The molecule has 0 saturated heterocycles. The third kappa shape index (κ3) is 3.16. The molecule has 0 saturated carbocycles. The summed E-state index contributed by atoms with van der Waals surface area (Å²) in [5.74, 6) is 1.04. The standard InChI is InChI=1S/C13H18BrN5O/c1-8(2)12(7-20-3)19-13(16-17-18-19)9-4-10(14)6-11(15)5-9/h4-6,8,12H,7,15H2,1-3H3. The Balaban J connectivity index is 2.46. The molecule has 20 heavy (non-hydrogen) atoms. The number of nitrogens with zero attached hydrogens (tertiary/aromatic N) is 4. The topological polar surface area (TPSA) is 78.8 Å². The predicted molar refractivity (Wildman–Crippen MR) is 81.1 cm³/mol. The maximum atomic E-state index is 5.88. The van der Waals surface area contributed by atoms with Gasteiger partial charge >= 0.3 is 0 Å². The number of halogens is 1. The van der Waals surface area contributed by atoms with Gasteiger partial charge < -0.3 is 10.5 Å². The molecule has 1 aromatic heterocycles. The van der Waals surface area contributed by atoms with Crippen LogP contribution in [0.1, 0.15) is 19.9 Å².